The Bertz CT molecular complexity index is 1600. The van der Waals surface area contributed by atoms with Crippen molar-refractivity contribution in [2.75, 3.05) is 11.5 Å². The van der Waals surface area contributed by atoms with Gasteiger partial charge in [-0.1, -0.05) is 51.2 Å². The number of hydrogen-bond acceptors (Lipinski definition) is 7. The number of aromatic nitrogens is 2. The normalized spacial score (nSPS) is 17.3. The SMILES string of the molecule is CCCOc1ccc(/C(O)=C2\C(=O)C(=O)N(c3nc4ccc(C(C)(C)C)cc4s3)C2c2ccccn2)cc1C. The van der Waals surface area contributed by atoms with E-state index in [0.717, 1.165) is 27.8 Å². The summed E-state index contributed by atoms with van der Waals surface area (Å²) >= 11 is 1.34. The summed E-state index contributed by atoms with van der Waals surface area (Å²) in [5, 5.41) is 11.8. The fraction of sp³-hybridized carbons (Fsp3) is 0.290. The Labute approximate surface area is 231 Å². The number of thiazole rings is 1. The molecule has 5 rings (SSSR count). The second kappa shape index (κ2) is 10.3. The minimum Gasteiger partial charge on any atom is -0.507 e. The molecule has 1 saturated heterocycles. The minimum atomic E-state index is -0.926. The van der Waals surface area contributed by atoms with Crippen molar-refractivity contribution in [3.63, 3.8) is 0 Å². The predicted molar refractivity (Wildman–Crippen MR) is 154 cm³/mol. The van der Waals surface area contributed by atoms with Gasteiger partial charge in [0.05, 0.1) is 28.1 Å². The molecule has 39 heavy (non-hydrogen) atoms. The van der Waals surface area contributed by atoms with E-state index in [-0.39, 0.29) is 16.7 Å². The summed E-state index contributed by atoms with van der Waals surface area (Å²) in [5.41, 5.74) is 3.53. The highest BCUT2D eigenvalue weighted by Crippen LogP contribution is 2.44. The Morgan fingerprint density at radius 1 is 1.10 bits per heavy atom. The maximum absolute atomic E-state index is 13.5. The van der Waals surface area contributed by atoms with Crippen molar-refractivity contribution in [2.45, 2.75) is 52.5 Å². The van der Waals surface area contributed by atoms with Gasteiger partial charge in [0.1, 0.15) is 17.6 Å². The van der Waals surface area contributed by atoms with E-state index in [1.54, 1.807) is 42.6 Å². The maximum atomic E-state index is 13.5. The number of pyridine rings is 1. The number of nitrogens with zero attached hydrogens (tertiary/aromatic N) is 3. The van der Waals surface area contributed by atoms with Gasteiger partial charge in [-0.25, -0.2) is 4.98 Å². The highest BCUT2D eigenvalue weighted by Gasteiger charge is 2.48. The van der Waals surface area contributed by atoms with Crippen LogP contribution in [-0.4, -0.2) is 33.4 Å². The fourth-order valence-electron chi connectivity index (χ4n) is 4.66. The topological polar surface area (TPSA) is 92.6 Å². The van der Waals surface area contributed by atoms with E-state index in [4.69, 9.17) is 9.72 Å². The molecule has 2 aromatic heterocycles. The van der Waals surface area contributed by atoms with Gasteiger partial charge in [0.15, 0.2) is 5.13 Å². The van der Waals surface area contributed by atoms with E-state index >= 15 is 0 Å². The van der Waals surface area contributed by atoms with Crippen LogP contribution in [0.15, 0.2) is 66.4 Å². The van der Waals surface area contributed by atoms with Crippen LogP contribution in [0, 0.1) is 6.92 Å². The van der Waals surface area contributed by atoms with Gasteiger partial charge in [-0.3, -0.25) is 19.5 Å². The molecular weight excluding hydrogens is 510 g/mol. The standard InChI is InChI=1S/C31H31N3O4S/c1-6-15-38-23-13-10-19(16-18(23)2)27(35)25-26(22-9-7-8-14-32-22)34(29(37)28(25)36)30-33-21-12-11-20(31(3,4)5)17-24(21)39-30/h7-14,16-17,26,35H,6,15H2,1-5H3/b27-25+. The molecule has 0 spiro atoms. The van der Waals surface area contributed by atoms with Gasteiger partial charge in [-0.15, -0.1) is 0 Å². The average molecular weight is 542 g/mol. The van der Waals surface area contributed by atoms with E-state index in [2.05, 4.69) is 31.8 Å². The van der Waals surface area contributed by atoms with Crippen molar-refractivity contribution in [3.8, 4) is 5.75 Å². The first-order valence-electron chi connectivity index (χ1n) is 13.0. The number of fused-ring (bicyclic) bond motifs is 1. The summed E-state index contributed by atoms with van der Waals surface area (Å²) in [6.45, 7) is 10.9. The third kappa shape index (κ3) is 4.92. The van der Waals surface area contributed by atoms with Crippen LogP contribution < -0.4 is 9.64 Å². The van der Waals surface area contributed by atoms with Crippen molar-refractivity contribution >= 4 is 44.1 Å². The molecule has 1 unspecified atom stereocenters. The minimum absolute atomic E-state index is 0.0186. The van der Waals surface area contributed by atoms with Crippen LogP contribution in [0.4, 0.5) is 5.13 Å². The van der Waals surface area contributed by atoms with Crippen molar-refractivity contribution in [2.24, 2.45) is 0 Å². The molecule has 0 saturated carbocycles. The number of ether oxygens (including phenoxy) is 1. The molecule has 1 aliphatic rings. The van der Waals surface area contributed by atoms with Crippen molar-refractivity contribution in [3.05, 3.63) is 88.8 Å². The zero-order chi connectivity index (χ0) is 27.9. The third-order valence-corrected chi connectivity index (χ3v) is 7.79. The molecule has 8 heteroatoms. The monoisotopic (exact) mass is 541 g/mol. The molecular formula is C31H31N3O4S. The van der Waals surface area contributed by atoms with E-state index in [9.17, 15) is 14.7 Å². The second-order valence-corrected chi connectivity index (χ2v) is 11.7. The molecule has 0 radical (unpaired) electrons. The Balaban J connectivity index is 1.64. The Morgan fingerprint density at radius 3 is 2.56 bits per heavy atom. The maximum Gasteiger partial charge on any atom is 0.301 e. The number of carbonyl (C=O) groups is 2. The molecule has 2 aromatic carbocycles. The summed E-state index contributed by atoms with van der Waals surface area (Å²) in [4.78, 5) is 37.6. The van der Waals surface area contributed by atoms with Gasteiger partial charge in [-0.2, -0.15) is 0 Å². The fourth-order valence-corrected chi connectivity index (χ4v) is 5.69. The number of Topliss-reactive ketones (excluding diaryl/α,β-unsaturated/α-hetero) is 1. The molecule has 0 bridgehead atoms. The average Bonchev–Trinajstić information content (AvgIpc) is 3.45. The molecule has 3 heterocycles. The molecule has 1 N–H and O–H groups in total. The van der Waals surface area contributed by atoms with Crippen molar-refractivity contribution in [1.82, 2.24) is 9.97 Å². The van der Waals surface area contributed by atoms with E-state index in [0.29, 0.717) is 28.7 Å². The first-order valence-corrected chi connectivity index (χ1v) is 13.8. The molecule has 1 aliphatic heterocycles. The summed E-state index contributed by atoms with van der Waals surface area (Å²) in [7, 11) is 0. The quantitative estimate of drug-likeness (QED) is 0.166. The van der Waals surface area contributed by atoms with Crippen molar-refractivity contribution in [1.29, 1.82) is 0 Å². The number of amides is 1. The zero-order valence-corrected chi connectivity index (χ0v) is 23.5. The van der Waals surface area contributed by atoms with Gasteiger partial charge in [-0.05, 0) is 72.4 Å². The smallest absolute Gasteiger partial charge is 0.301 e. The van der Waals surface area contributed by atoms with Crippen molar-refractivity contribution < 1.29 is 19.4 Å². The van der Waals surface area contributed by atoms with Crippen LogP contribution in [0.5, 0.6) is 5.75 Å². The van der Waals surface area contributed by atoms with E-state index in [1.807, 2.05) is 26.0 Å². The van der Waals surface area contributed by atoms with E-state index < -0.39 is 17.7 Å². The predicted octanol–water partition coefficient (Wildman–Crippen LogP) is 6.71. The zero-order valence-electron chi connectivity index (χ0n) is 22.7. The van der Waals surface area contributed by atoms with Crippen LogP contribution in [0.25, 0.3) is 16.0 Å². The third-order valence-electron chi connectivity index (χ3n) is 6.77. The summed E-state index contributed by atoms with van der Waals surface area (Å²) in [6.07, 6.45) is 2.48. The first kappa shape index (κ1) is 26.6. The molecule has 0 aliphatic carbocycles. The Morgan fingerprint density at radius 2 is 1.90 bits per heavy atom. The highest BCUT2D eigenvalue weighted by molar-refractivity contribution is 7.22. The molecule has 4 aromatic rings. The largest absolute Gasteiger partial charge is 0.507 e. The lowest BCUT2D eigenvalue weighted by atomic mass is 9.87. The number of aryl methyl sites for hydroxylation is 1. The summed E-state index contributed by atoms with van der Waals surface area (Å²) in [6, 6.07) is 15.6. The number of hydrogen-bond donors (Lipinski definition) is 1. The number of aliphatic hydroxyl groups excluding tert-OH is 1. The number of ketones is 1. The van der Waals surface area contributed by atoms with Gasteiger partial charge < -0.3 is 9.84 Å². The number of rotatable bonds is 6. The van der Waals surface area contributed by atoms with E-state index in [1.165, 1.54) is 16.2 Å². The van der Waals surface area contributed by atoms with Gasteiger partial charge in [0.2, 0.25) is 0 Å². The second-order valence-electron chi connectivity index (χ2n) is 10.7. The highest BCUT2D eigenvalue weighted by atomic mass is 32.1. The lowest BCUT2D eigenvalue weighted by Gasteiger charge is -2.22. The summed E-state index contributed by atoms with van der Waals surface area (Å²) in [5.74, 6) is -1.07. The lowest BCUT2D eigenvalue weighted by molar-refractivity contribution is -0.132. The molecule has 1 amide bonds. The Kier molecular flexibility index (Phi) is 6.99. The Hall–Kier alpha value is -4.04. The molecule has 1 atom stereocenters. The van der Waals surface area contributed by atoms with Crippen LogP contribution in [-0.2, 0) is 15.0 Å². The van der Waals surface area contributed by atoms with Gasteiger partial charge in [0, 0.05) is 11.8 Å². The van der Waals surface area contributed by atoms with Gasteiger partial charge >= 0.3 is 5.91 Å². The number of carbonyl (C=O) groups excluding carboxylic acids is 2. The molecule has 1 fully saturated rings. The van der Waals surface area contributed by atoms with Gasteiger partial charge in [0.25, 0.3) is 5.78 Å². The number of aliphatic hydroxyl groups is 1. The van der Waals surface area contributed by atoms with Crippen LogP contribution in [0.3, 0.4) is 0 Å². The van der Waals surface area contributed by atoms with Crippen LogP contribution in [0.2, 0.25) is 0 Å². The van der Waals surface area contributed by atoms with Crippen LogP contribution in [0.1, 0.15) is 62.5 Å². The van der Waals surface area contributed by atoms with Crippen LogP contribution >= 0.6 is 11.3 Å². The molecule has 200 valence electrons. The lowest BCUT2D eigenvalue weighted by Crippen LogP contribution is -2.29. The first-order chi connectivity index (χ1) is 18.6. The molecule has 7 nitrogen and oxygen atoms in total. The number of anilines is 1. The summed E-state index contributed by atoms with van der Waals surface area (Å²) < 4.78 is 6.68. The number of benzene rings is 2.